The van der Waals surface area contributed by atoms with Crippen molar-refractivity contribution in [1.29, 1.82) is 0 Å². The topological polar surface area (TPSA) is 60.9 Å². The highest BCUT2D eigenvalue weighted by molar-refractivity contribution is 7.86. The molecule has 0 radical (unpaired) electrons. The van der Waals surface area contributed by atoms with Gasteiger partial charge in [0.1, 0.15) is 0 Å². The SMILES string of the molecule is CN(C)S(=O)(=O)N1CCC([C@@H](O)c2ccc(Cl)cc2)CC1. The number of rotatable bonds is 4. The van der Waals surface area contributed by atoms with E-state index in [0.717, 1.165) is 5.56 Å². The van der Waals surface area contributed by atoms with E-state index in [0.29, 0.717) is 31.0 Å². The Bertz CT molecular complexity index is 566. The average Bonchev–Trinajstić information content (AvgIpc) is 2.47. The van der Waals surface area contributed by atoms with Crippen LogP contribution in [0.5, 0.6) is 0 Å². The summed E-state index contributed by atoms with van der Waals surface area (Å²) < 4.78 is 26.8. The third-order valence-corrected chi connectivity index (χ3v) is 6.14. The first-order valence-corrected chi connectivity index (χ1v) is 8.71. The van der Waals surface area contributed by atoms with Crippen molar-refractivity contribution in [3.05, 3.63) is 34.9 Å². The van der Waals surface area contributed by atoms with E-state index in [2.05, 4.69) is 0 Å². The van der Waals surface area contributed by atoms with Crippen molar-refractivity contribution in [1.82, 2.24) is 8.61 Å². The molecule has 1 N–H and O–H groups in total. The number of benzene rings is 1. The summed E-state index contributed by atoms with van der Waals surface area (Å²) in [6.07, 6.45) is 0.722. The van der Waals surface area contributed by atoms with Crippen LogP contribution in [0.4, 0.5) is 0 Å². The van der Waals surface area contributed by atoms with Crippen LogP contribution < -0.4 is 0 Å². The Balaban J connectivity index is 1.99. The summed E-state index contributed by atoms with van der Waals surface area (Å²) in [6, 6.07) is 7.14. The highest BCUT2D eigenvalue weighted by atomic mass is 35.5. The van der Waals surface area contributed by atoms with Gasteiger partial charge in [-0.2, -0.15) is 17.0 Å². The maximum Gasteiger partial charge on any atom is 0.281 e. The molecule has 21 heavy (non-hydrogen) atoms. The summed E-state index contributed by atoms with van der Waals surface area (Å²) in [5.74, 6) is 0.0692. The Morgan fingerprint density at radius 1 is 1.24 bits per heavy atom. The van der Waals surface area contributed by atoms with Crippen LogP contribution in [0.25, 0.3) is 0 Å². The number of piperidine rings is 1. The number of aliphatic hydroxyl groups is 1. The van der Waals surface area contributed by atoms with E-state index in [1.54, 1.807) is 12.1 Å². The van der Waals surface area contributed by atoms with Gasteiger partial charge in [-0.05, 0) is 36.5 Å². The van der Waals surface area contributed by atoms with Crippen molar-refractivity contribution in [3.8, 4) is 0 Å². The molecule has 0 saturated carbocycles. The molecule has 0 aromatic heterocycles. The third kappa shape index (κ3) is 3.76. The number of hydrogen-bond donors (Lipinski definition) is 1. The fourth-order valence-electron chi connectivity index (χ4n) is 2.59. The predicted octanol–water partition coefficient (Wildman–Crippen LogP) is 1.89. The molecule has 1 aliphatic heterocycles. The Labute approximate surface area is 131 Å². The molecular formula is C14H21ClN2O3S. The molecule has 2 rings (SSSR count). The lowest BCUT2D eigenvalue weighted by molar-refractivity contribution is 0.0752. The number of aliphatic hydroxyl groups excluding tert-OH is 1. The molecule has 5 nitrogen and oxygen atoms in total. The van der Waals surface area contributed by atoms with Crippen molar-refractivity contribution in [2.75, 3.05) is 27.2 Å². The standard InChI is InChI=1S/C14H21ClN2O3S/c1-16(2)21(19,20)17-9-7-12(8-10-17)14(18)11-3-5-13(15)6-4-11/h3-6,12,14,18H,7-10H2,1-2H3/t14-/m0/s1. The molecule has 0 unspecified atom stereocenters. The van der Waals surface area contributed by atoms with Crippen molar-refractivity contribution < 1.29 is 13.5 Å². The molecule has 1 saturated heterocycles. The Hall–Kier alpha value is -0.660. The molecule has 0 bridgehead atoms. The van der Waals surface area contributed by atoms with Gasteiger partial charge in [-0.15, -0.1) is 0 Å². The van der Waals surface area contributed by atoms with Gasteiger partial charge in [-0.25, -0.2) is 0 Å². The van der Waals surface area contributed by atoms with Crippen LogP contribution in [0.15, 0.2) is 24.3 Å². The second-order valence-electron chi connectivity index (χ2n) is 5.52. The van der Waals surface area contributed by atoms with E-state index >= 15 is 0 Å². The quantitative estimate of drug-likeness (QED) is 0.916. The van der Waals surface area contributed by atoms with E-state index in [9.17, 15) is 13.5 Å². The van der Waals surface area contributed by atoms with Gasteiger partial charge >= 0.3 is 0 Å². The van der Waals surface area contributed by atoms with Crippen molar-refractivity contribution in [2.45, 2.75) is 18.9 Å². The van der Waals surface area contributed by atoms with Crippen LogP contribution in [0.3, 0.4) is 0 Å². The van der Waals surface area contributed by atoms with Crippen molar-refractivity contribution >= 4 is 21.8 Å². The highest BCUT2D eigenvalue weighted by Crippen LogP contribution is 2.32. The summed E-state index contributed by atoms with van der Waals surface area (Å²) in [5.41, 5.74) is 0.827. The van der Waals surface area contributed by atoms with Crippen LogP contribution in [-0.2, 0) is 10.2 Å². The minimum absolute atomic E-state index is 0.0692. The summed E-state index contributed by atoms with van der Waals surface area (Å²) in [7, 11) is -0.288. The normalized spacial score (nSPS) is 19.9. The van der Waals surface area contributed by atoms with Crippen LogP contribution >= 0.6 is 11.6 Å². The van der Waals surface area contributed by atoms with E-state index in [1.807, 2.05) is 12.1 Å². The van der Waals surface area contributed by atoms with Gasteiger partial charge in [0.05, 0.1) is 6.10 Å². The van der Waals surface area contributed by atoms with Crippen LogP contribution in [0, 0.1) is 5.92 Å². The summed E-state index contributed by atoms with van der Waals surface area (Å²) in [5, 5.41) is 11.0. The average molecular weight is 333 g/mol. The summed E-state index contributed by atoms with van der Waals surface area (Å²) in [4.78, 5) is 0. The molecule has 1 aromatic rings. The first-order chi connectivity index (χ1) is 9.82. The van der Waals surface area contributed by atoms with E-state index in [-0.39, 0.29) is 5.92 Å². The van der Waals surface area contributed by atoms with Gasteiger partial charge in [0.2, 0.25) is 0 Å². The molecule has 0 amide bonds. The number of halogens is 1. The fraction of sp³-hybridized carbons (Fsp3) is 0.571. The maximum atomic E-state index is 12.0. The molecule has 1 aliphatic rings. The molecule has 1 aromatic carbocycles. The molecule has 0 aliphatic carbocycles. The smallest absolute Gasteiger partial charge is 0.281 e. The Morgan fingerprint density at radius 2 is 1.76 bits per heavy atom. The lowest BCUT2D eigenvalue weighted by Crippen LogP contribution is -2.45. The molecule has 1 fully saturated rings. The van der Waals surface area contributed by atoms with Crippen molar-refractivity contribution in [2.24, 2.45) is 5.92 Å². The van der Waals surface area contributed by atoms with Crippen LogP contribution in [0.2, 0.25) is 5.02 Å². The monoisotopic (exact) mass is 332 g/mol. The maximum absolute atomic E-state index is 12.0. The largest absolute Gasteiger partial charge is 0.388 e. The molecule has 0 spiro atoms. The van der Waals surface area contributed by atoms with E-state index in [1.165, 1.54) is 22.7 Å². The van der Waals surface area contributed by atoms with Gasteiger partial charge in [-0.3, -0.25) is 0 Å². The van der Waals surface area contributed by atoms with Crippen LogP contribution in [-0.4, -0.2) is 49.3 Å². The molecular weight excluding hydrogens is 312 g/mol. The van der Waals surface area contributed by atoms with Crippen molar-refractivity contribution in [3.63, 3.8) is 0 Å². The summed E-state index contributed by atoms with van der Waals surface area (Å²) in [6.45, 7) is 0.881. The first kappa shape index (κ1) is 16.7. The second kappa shape index (κ2) is 6.62. The minimum atomic E-state index is -3.35. The van der Waals surface area contributed by atoms with Gasteiger partial charge in [0.15, 0.2) is 0 Å². The predicted molar refractivity (Wildman–Crippen MR) is 83.3 cm³/mol. The molecule has 1 atom stereocenters. The second-order valence-corrected chi connectivity index (χ2v) is 8.10. The van der Waals surface area contributed by atoms with E-state index in [4.69, 9.17) is 11.6 Å². The van der Waals surface area contributed by atoms with Gasteiger partial charge in [-0.1, -0.05) is 23.7 Å². The Morgan fingerprint density at radius 3 is 2.24 bits per heavy atom. The first-order valence-electron chi connectivity index (χ1n) is 6.93. The van der Waals surface area contributed by atoms with E-state index < -0.39 is 16.3 Å². The Kier molecular flexibility index (Phi) is 5.27. The van der Waals surface area contributed by atoms with Crippen LogP contribution in [0.1, 0.15) is 24.5 Å². The molecule has 7 heteroatoms. The third-order valence-electron chi connectivity index (χ3n) is 3.94. The molecule has 1 heterocycles. The van der Waals surface area contributed by atoms with Gasteiger partial charge < -0.3 is 5.11 Å². The minimum Gasteiger partial charge on any atom is -0.388 e. The lowest BCUT2D eigenvalue weighted by Gasteiger charge is -2.34. The van der Waals surface area contributed by atoms with Gasteiger partial charge in [0, 0.05) is 32.2 Å². The fourth-order valence-corrected chi connectivity index (χ4v) is 3.85. The zero-order valence-electron chi connectivity index (χ0n) is 12.2. The highest BCUT2D eigenvalue weighted by Gasteiger charge is 2.32. The van der Waals surface area contributed by atoms with Gasteiger partial charge in [0.25, 0.3) is 10.2 Å². The number of hydrogen-bond acceptors (Lipinski definition) is 3. The summed E-state index contributed by atoms with van der Waals surface area (Å²) >= 11 is 5.84. The lowest BCUT2D eigenvalue weighted by atomic mass is 9.88. The number of nitrogens with zero attached hydrogens (tertiary/aromatic N) is 2. The molecule has 118 valence electrons. The zero-order valence-corrected chi connectivity index (χ0v) is 13.8. The zero-order chi connectivity index (χ0) is 15.6.